The summed E-state index contributed by atoms with van der Waals surface area (Å²) in [5.74, 6) is -1.71. The number of hydrogen-bond acceptors (Lipinski definition) is 6. The van der Waals surface area contributed by atoms with Crippen molar-refractivity contribution in [3.8, 4) is 0 Å². The molecular weight excluding hydrogens is 565 g/mol. The van der Waals surface area contributed by atoms with Crippen LogP contribution in [0.3, 0.4) is 0 Å². The molecule has 7 rings (SSSR count). The van der Waals surface area contributed by atoms with Gasteiger partial charge in [-0.1, -0.05) is 64.9 Å². The van der Waals surface area contributed by atoms with Gasteiger partial charge in [0.1, 0.15) is 6.54 Å². The van der Waals surface area contributed by atoms with Gasteiger partial charge in [-0.3, -0.25) is 24.1 Å². The molecular formula is C27H21Cl2N3O4S2. The molecule has 2 aliphatic heterocycles. The smallest absolute Gasteiger partial charge is 0.305 e. The van der Waals surface area contributed by atoms with Crippen LogP contribution in [-0.2, 0) is 14.4 Å². The van der Waals surface area contributed by atoms with Crippen molar-refractivity contribution in [3.63, 3.8) is 0 Å². The fourth-order valence-corrected chi connectivity index (χ4v) is 10.4. The van der Waals surface area contributed by atoms with Crippen LogP contribution in [-0.4, -0.2) is 39.4 Å². The van der Waals surface area contributed by atoms with Crippen LogP contribution in [0.5, 0.6) is 0 Å². The lowest BCUT2D eigenvalue weighted by Crippen LogP contribution is -2.42. The lowest BCUT2D eigenvalue weighted by molar-refractivity contribution is -0.143. The normalized spacial score (nSPS) is 30.8. The van der Waals surface area contributed by atoms with E-state index in [-0.39, 0.29) is 52.2 Å². The molecule has 3 heterocycles. The van der Waals surface area contributed by atoms with Crippen LogP contribution in [0.25, 0.3) is 0 Å². The SMILES string of the molecule is O=C(CN1C(=O)C2C3CC(C2C1=O)C1C3Sc2[nH]c(=O)sc2[C@@H]1c1ccccc1)Nc1ccc(Cl)c(Cl)c1. The monoisotopic (exact) mass is 585 g/mol. The van der Waals surface area contributed by atoms with E-state index in [9.17, 15) is 19.2 Å². The van der Waals surface area contributed by atoms with Gasteiger partial charge in [-0.25, -0.2) is 0 Å². The first kappa shape index (κ1) is 24.5. The summed E-state index contributed by atoms with van der Waals surface area (Å²) in [5.41, 5.74) is 1.56. The summed E-state index contributed by atoms with van der Waals surface area (Å²) in [7, 11) is 0. The summed E-state index contributed by atoms with van der Waals surface area (Å²) in [5, 5.41) is 4.37. The second kappa shape index (κ2) is 8.98. The van der Waals surface area contributed by atoms with Crippen molar-refractivity contribution in [1.82, 2.24) is 9.88 Å². The van der Waals surface area contributed by atoms with Gasteiger partial charge in [0.05, 0.1) is 26.9 Å². The maximum absolute atomic E-state index is 13.7. The van der Waals surface area contributed by atoms with Crippen molar-refractivity contribution in [2.75, 3.05) is 11.9 Å². The number of benzene rings is 2. The van der Waals surface area contributed by atoms with Crippen molar-refractivity contribution in [2.24, 2.45) is 29.6 Å². The highest BCUT2D eigenvalue weighted by Crippen LogP contribution is 2.68. The van der Waals surface area contributed by atoms with Crippen molar-refractivity contribution in [1.29, 1.82) is 0 Å². The number of nitrogens with one attached hydrogen (secondary N) is 2. The Morgan fingerprint density at radius 1 is 1.00 bits per heavy atom. The third-order valence-corrected chi connectivity index (χ3v) is 11.8. The zero-order valence-corrected chi connectivity index (χ0v) is 22.9. The van der Waals surface area contributed by atoms with E-state index in [1.165, 1.54) is 17.4 Å². The van der Waals surface area contributed by atoms with Gasteiger partial charge >= 0.3 is 4.87 Å². The molecule has 0 radical (unpaired) electrons. The molecule has 2 aromatic carbocycles. The van der Waals surface area contributed by atoms with E-state index in [0.29, 0.717) is 15.7 Å². The predicted octanol–water partition coefficient (Wildman–Crippen LogP) is 4.86. The lowest BCUT2D eigenvalue weighted by atomic mass is 9.68. The largest absolute Gasteiger partial charge is 0.324 e. The van der Waals surface area contributed by atoms with Gasteiger partial charge in [0.25, 0.3) is 0 Å². The first-order valence-corrected chi connectivity index (χ1v) is 14.8. The summed E-state index contributed by atoms with van der Waals surface area (Å²) in [6, 6.07) is 14.8. The number of thiazole rings is 1. The van der Waals surface area contributed by atoms with Crippen molar-refractivity contribution < 1.29 is 14.4 Å². The highest BCUT2D eigenvalue weighted by Gasteiger charge is 2.69. The highest BCUT2D eigenvalue weighted by atomic mass is 35.5. The molecule has 4 aliphatic rings. The van der Waals surface area contributed by atoms with Gasteiger partial charge in [0, 0.05) is 21.7 Å². The van der Waals surface area contributed by atoms with Crippen LogP contribution in [0.4, 0.5) is 5.69 Å². The average Bonchev–Trinajstić information content (AvgIpc) is 3.62. The second-order valence-electron chi connectivity index (χ2n) is 10.3. The van der Waals surface area contributed by atoms with Crippen LogP contribution in [0.15, 0.2) is 58.4 Å². The number of carbonyl (C=O) groups is 3. The fourth-order valence-electron chi connectivity index (χ4n) is 7.19. The molecule has 0 spiro atoms. The number of carbonyl (C=O) groups excluding carboxylic acids is 3. The van der Waals surface area contributed by atoms with E-state index in [1.807, 2.05) is 18.2 Å². The van der Waals surface area contributed by atoms with E-state index >= 15 is 0 Å². The summed E-state index contributed by atoms with van der Waals surface area (Å²) >= 11 is 14.9. The number of rotatable bonds is 4. The Labute approximate surface area is 235 Å². The number of fused-ring (bicyclic) bond motifs is 9. The van der Waals surface area contributed by atoms with Crippen LogP contribution in [0.1, 0.15) is 22.8 Å². The number of aromatic amines is 1. The van der Waals surface area contributed by atoms with E-state index in [2.05, 4.69) is 22.4 Å². The van der Waals surface area contributed by atoms with E-state index in [0.717, 1.165) is 26.8 Å². The van der Waals surface area contributed by atoms with E-state index in [4.69, 9.17) is 23.2 Å². The zero-order chi connectivity index (χ0) is 26.3. The molecule has 1 aromatic heterocycles. The first-order chi connectivity index (χ1) is 18.3. The molecule has 38 heavy (non-hydrogen) atoms. The van der Waals surface area contributed by atoms with Crippen molar-refractivity contribution in [2.45, 2.75) is 22.6 Å². The van der Waals surface area contributed by atoms with Gasteiger partial charge in [0.2, 0.25) is 17.7 Å². The summed E-state index contributed by atoms with van der Waals surface area (Å²) in [6.07, 6.45) is 0.807. The minimum absolute atomic E-state index is 0.00717. The van der Waals surface area contributed by atoms with Gasteiger partial charge in [-0.2, -0.15) is 0 Å². The number of likely N-dealkylation sites (tertiary alicyclic amines) is 1. The molecule has 2 bridgehead atoms. The Kier molecular flexibility index (Phi) is 5.78. The Hall–Kier alpha value is -2.59. The number of nitrogens with zero attached hydrogens (tertiary/aromatic N) is 1. The van der Waals surface area contributed by atoms with Crippen LogP contribution < -0.4 is 10.2 Å². The molecule has 7 nitrogen and oxygen atoms in total. The maximum atomic E-state index is 13.7. The third kappa shape index (κ3) is 3.62. The van der Waals surface area contributed by atoms with Crippen LogP contribution in [0.2, 0.25) is 10.0 Å². The Morgan fingerprint density at radius 2 is 1.74 bits per heavy atom. The molecule has 11 heteroatoms. The van der Waals surface area contributed by atoms with Crippen molar-refractivity contribution in [3.05, 3.63) is 78.7 Å². The summed E-state index contributed by atoms with van der Waals surface area (Å²) in [6.45, 7) is -0.338. The van der Waals surface area contributed by atoms with E-state index in [1.54, 1.807) is 23.9 Å². The van der Waals surface area contributed by atoms with Crippen LogP contribution in [0, 0.1) is 29.6 Å². The molecule has 2 saturated carbocycles. The molecule has 1 saturated heterocycles. The molecule has 6 unspecified atom stereocenters. The standard InChI is InChI=1S/C27H21Cl2N3O4S2/c28-15-7-6-12(8-16(15)29)30-17(33)10-32-25(34)20-13-9-14(21(20)26(32)35)22-19(13)18(11-4-2-1-3-5-11)23-24(37-22)31-27(36)38-23/h1-8,13-14,18-22H,9-10H2,(H,30,33)(H,31,36)/t13?,14?,18-,19?,20?,21?,22?/m1/s1. The maximum Gasteiger partial charge on any atom is 0.305 e. The molecule has 3 fully saturated rings. The number of imide groups is 1. The first-order valence-electron chi connectivity index (χ1n) is 12.4. The summed E-state index contributed by atoms with van der Waals surface area (Å²) in [4.78, 5) is 57.5. The Morgan fingerprint density at radius 3 is 2.47 bits per heavy atom. The van der Waals surface area contributed by atoms with E-state index < -0.39 is 17.7 Å². The number of halogens is 2. The number of anilines is 1. The Bertz CT molecular complexity index is 1560. The molecule has 194 valence electrons. The highest BCUT2D eigenvalue weighted by molar-refractivity contribution is 8.00. The minimum atomic E-state index is -0.467. The molecule has 2 aliphatic carbocycles. The average molecular weight is 587 g/mol. The second-order valence-corrected chi connectivity index (χ2v) is 13.3. The fraction of sp³-hybridized carbons (Fsp3) is 0.333. The lowest BCUT2D eigenvalue weighted by Gasteiger charge is -2.43. The Balaban J connectivity index is 1.17. The zero-order valence-electron chi connectivity index (χ0n) is 19.7. The van der Waals surface area contributed by atoms with Crippen molar-refractivity contribution >= 4 is 69.7 Å². The number of H-pyrrole nitrogens is 1. The number of aromatic nitrogens is 1. The molecule has 3 aromatic rings. The van der Waals surface area contributed by atoms with Gasteiger partial charge in [0.15, 0.2) is 0 Å². The minimum Gasteiger partial charge on any atom is -0.324 e. The van der Waals surface area contributed by atoms with Gasteiger partial charge < -0.3 is 10.3 Å². The summed E-state index contributed by atoms with van der Waals surface area (Å²) < 4.78 is 0. The third-order valence-electron chi connectivity index (χ3n) is 8.48. The topological polar surface area (TPSA) is 99.3 Å². The quantitative estimate of drug-likeness (QED) is 0.426. The number of thioether (sulfide) groups is 1. The van der Waals surface area contributed by atoms with Gasteiger partial charge in [-0.15, -0.1) is 11.8 Å². The number of amides is 3. The van der Waals surface area contributed by atoms with Gasteiger partial charge in [-0.05, 0) is 47.9 Å². The molecule has 2 N–H and O–H groups in total. The molecule has 3 amide bonds. The predicted molar refractivity (Wildman–Crippen MR) is 147 cm³/mol. The molecule has 7 atom stereocenters. The van der Waals surface area contributed by atoms with Crippen LogP contribution >= 0.6 is 46.3 Å². The number of hydrogen-bond donors (Lipinski definition) is 2.